The molecule has 0 radical (unpaired) electrons. The number of imide groups is 1. The fourth-order valence-corrected chi connectivity index (χ4v) is 2.69. The van der Waals surface area contributed by atoms with Crippen molar-refractivity contribution in [1.82, 2.24) is 4.90 Å². The first-order chi connectivity index (χ1) is 11.0. The van der Waals surface area contributed by atoms with Crippen molar-refractivity contribution in [1.29, 1.82) is 0 Å². The number of rotatable bonds is 4. The quantitative estimate of drug-likeness (QED) is 0.879. The highest BCUT2D eigenvalue weighted by atomic mass is 19.2. The lowest BCUT2D eigenvalue weighted by atomic mass is 10.1. The van der Waals surface area contributed by atoms with Crippen LogP contribution in [0.3, 0.4) is 0 Å². The number of halogens is 2. The van der Waals surface area contributed by atoms with Gasteiger partial charge in [-0.05, 0) is 30.2 Å². The Kier molecular flexibility index (Phi) is 3.92. The van der Waals surface area contributed by atoms with E-state index in [0.717, 1.165) is 11.0 Å². The third-order valence-electron chi connectivity index (χ3n) is 3.81. The van der Waals surface area contributed by atoms with Gasteiger partial charge in [0.2, 0.25) is 0 Å². The van der Waals surface area contributed by atoms with Gasteiger partial charge in [-0.15, -0.1) is 0 Å². The van der Waals surface area contributed by atoms with E-state index in [1.165, 1.54) is 12.1 Å². The number of carbonyl (C=O) groups is 2. The van der Waals surface area contributed by atoms with Crippen LogP contribution in [-0.4, -0.2) is 29.3 Å². The summed E-state index contributed by atoms with van der Waals surface area (Å²) in [5.74, 6) is -2.73. The monoisotopic (exact) mass is 316 g/mol. The molecule has 3 rings (SSSR count). The smallest absolute Gasteiger partial charge is 0.261 e. The van der Waals surface area contributed by atoms with E-state index in [1.807, 2.05) is 0 Å². The molecule has 0 spiro atoms. The molecule has 0 bridgehead atoms. The lowest BCUT2D eigenvalue weighted by molar-refractivity contribution is 0.0644. The number of amides is 2. The average molecular weight is 316 g/mol. The second kappa shape index (κ2) is 5.89. The van der Waals surface area contributed by atoms with E-state index < -0.39 is 29.5 Å². The van der Waals surface area contributed by atoms with Crippen LogP contribution in [0.2, 0.25) is 0 Å². The molecule has 0 unspecified atom stereocenters. The Labute approximate surface area is 131 Å². The van der Waals surface area contributed by atoms with Gasteiger partial charge >= 0.3 is 0 Å². The Balaban J connectivity index is 1.74. The molecule has 1 aliphatic heterocycles. The lowest BCUT2D eigenvalue weighted by Gasteiger charge is -2.19. The highest BCUT2D eigenvalue weighted by Gasteiger charge is 2.35. The third-order valence-corrected chi connectivity index (χ3v) is 3.81. The molecule has 2 aromatic carbocycles. The van der Waals surface area contributed by atoms with E-state index in [-0.39, 0.29) is 18.5 Å². The van der Waals surface area contributed by atoms with Crippen molar-refractivity contribution >= 4 is 11.8 Å². The fourth-order valence-electron chi connectivity index (χ4n) is 2.69. The van der Waals surface area contributed by atoms with Gasteiger partial charge in [0, 0.05) is 12.6 Å². The van der Waals surface area contributed by atoms with Crippen molar-refractivity contribution in [3.8, 4) is 0 Å². The molecule has 118 valence electrons. The first-order valence-corrected chi connectivity index (χ1v) is 7.12. The summed E-state index contributed by atoms with van der Waals surface area (Å²) in [4.78, 5) is 25.5. The summed E-state index contributed by atoms with van der Waals surface area (Å²) < 4.78 is 26.9. The zero-order valence-electron chi connectivity index (χ0n) is 12.1. The van der Waals surface area contributed by atoms with Crippen LogP contribution < -0.4 is 5.73 Å². The Morgan fingerprint density at radius 2 is 1.57 bits per heavy atom. The zero-order valence-corrected chi connectivity index (χ0v) is 12.1. The minimum Gasteiger partial charge on any atom is -0.326 e. The highest BCUT2D eigenvalue weighted by molar-refractivity contribution is 6.21. The number of nitrogens with zero attached hydrogens (tertiary/aromatic N) is 1. The molecule has 0 fully saturated rings. The molecule has 0 saturated heterocycles. The number of carbonyl (C=O) groups excluding carboxylic acids is 2. The summed E-state index contributed by atoms with van der Waals surface area (Å²) in [5.41, 5.74) is 6.72. The van der Waals surface area contributed by atoms with Crippen molar-refractivity contribution in [3.05, 3.63) is 70.8 Å². The minimum atomic E-state index is -0.953. The third kappa shape index (κ3) is 2.73. The second-order valence-electron chi connectivity index (χ2n) is 5.44. The Hall–Kier alpha value is -2.60. The first kappa shape index (κ1) is 15.3. The van der Waals surface area contributed by atoms with Gasteiger partial charge in [0.25, 0.3) is 11.8 Å². The largest absolute Gasteiger partial charge is 0.326 e. The molecule has 6 heteroatoms. The molecule has 0 aromatic heterocycles. The minimum absolute atomic E-state index is 0.0248. The predicted molar refractivity (Wildman–Crippen MR) is 79.8 cm³/mol. The number of benzene rings is 2. The van der Waals surface area contributed by atoms with Gasteiger partial charge in [0.15, 0.2) is 11.6 Å². The number of hydrogen-bond acceptors (Lipinski definition) is 3. The maximum atomic E-state index is 13.7. The Morgan fingerprint density at radius 1 is 0.957 bits per heavy atom. The molecular formula is C17H14F2N2O2. The van der Waals surface area contributed by atoms with Crippen LogP contribution in [0.15, 0.2) is 42.5 Å². The average Bonchev–Trinajstić information content (AvgIpc) is 2.77. The number of nitrogens with two attached hydrogens (primary N) is 1. The van der Waals surface area contributed by atoms with Crippen molar-refractivity contribution in [2.24, 2.45) is 5.73 Å². The van der Waals surface area contributed by atoms with E-state index in [9.17, 15) is 18.4 Å². The summed E-state index contributed by atoms with van der Waals surface area (Å²) in [7, 11) is 0. The molecule has 2 aromatic rings. The van der Waals surface area contributed by atoms with Crippen LogP contribution in [0.4, 0.5) is 8.78 Å². The highest BCUT2D eigenvalue weighted by Crippen LogP contribution is 2.23. The molecule has 0 aliphatic carbocycles. The van der Waals surface area contributed by atoms with E-state index in [0.29, 0.717) is 11.1 Å². The maximum absolute atomic E-state index is 13.7. The van der Waals surface area contributed by atoms with Gasteiger partial charge in [0.1, 0.15) is 0 Å². The molecule has 23 heavy (non-hydrogen) atoms. The molecule has 4 nitrogen and oxygen atoms in total. The summed E-state index contributed by atoms with van der Waals surface area (Å²) >= 11 is 0. The summed E-state index contributed by atoms with van der Waals surface area (Å²) in [6.45, 7) is -0.0533. The Bertz CT molecular complexity index is 757. The van der Waals surface area contributed by atoms with Crippen molar-refractivity contribution in [3.63, 3.8) is 0 Å². The predicted octanol–water partition coefficient (Wildman–Crippen LogP) is 2.13. The summed E-state index contributed by atoms with van der Waals surface area (Å²) in [6.07, 6.45) is 0.0248. The van der Waals surface area contributed by atoms with Gasteiger partial charge in [-0.25, -0.2) is 8.78 Å². The second-order valence-corrected chi connectivity index (χ2v) is 5.44. The van der Waals surface area contributed by atoms with Crippen molar-refractivity contribution in [2.75, 3.05) is 6.54 Å². The number of fused-ring (bicyclic) bond motifs is 1. The van der Waals surface area contributed by atoms with Gasteiger partial charge in [-0.1, -0.05) is 24.3 Å². The lowest BCUT2D eigenvalue weighted by Crippen LogP contribution is -2.42. The molecule has 1 heterocycles. The maximum Gasteiger partial charge on any atom is 0.261 e. The van der Waals surface area contributed by atoms with Gasteiger partial charge in [0.05, 0.1) is 11.1 Å². The van der Waals surface area contributed by atoms with E-state index in [2.05, 4.69) is 0 Å². The molecular weight excluding hydrogens is 302 g/mol. The SMILES string of the molecule is N[C@@H](Cc1cccc(F)c1F)CN1C(=O)c2ccccc2C1=O. The fraction of sp³-hybridized carbons (Fsp3) is 0.176. The van der Waals surface area contributed by atoms with Crippen LogP contribution in [0.5, 0.6) is 0 Å². The van der Waals surface area contributed by atoms with Crippen LogP contribution in [-0.2, 0) is 6.42 Å². The van der Waals surface area contributed by atoms with Gasteiger partial charge in [-0.2, -0.15) is 0 Å². The van der Waals surface area contributed by atoms with Gasteiger partial charge < -0.3 is 5.73 Å². The number of hydrogen-bond donors (Lipinski definition) is 1. The zero-order chi connectivity index (χ0) is 16.6. The van der Waals surface area contributed by atoms with Crippen LogP contribution >= 0.6 is 0 Å². The van der Waals surface area contributed by atoms with Crippen molar-refractivity contribution in [2.45, 2.75) is 12.5 Å². The molecule has 1 aliphatic rings. The van der Waals surface area contributed by atoms with Crippen LogP contribution in [0.25, 0.3) is 0 Å². The molecule has 2 amide bonds. The van der Waals surface area contributed by atoms with Crippen LogP contribution in [0, 0.1) is 11.6 Å². The topological polar surface area (TPSA) is 63.4 Å². The van der Waals surface area contributed by atoms with E-state index in [1.54, 1.807) is 24.3 Å². The van der Waals surface area contributed by atoms with Crippen molar-refractivity contribution < 1.29 is 18.4 Å². The Morgan fingerprint density at radius 3 is 2.17 bits per heavy atom. The molecule has 1 atom stereocenters. The summed E-state index contributed by atoms with van der Waals surface area (Å²) in [5, 5.41) is 0. The molecule has 0 saturated carbocycles. The van der Waals surface area contributed by atoms with Crippen LogP contribution in [0.1, 0.15) is 26.3 Å². The normalized spacial score (nSPS) is 15.0. The van der Waals surface area contributed by atoms with E-state index >= 15 is 0 Å². The standard InChI is InChI=1S/C17H14F2N2O2/c18-14-7-3-4-10(15(14)19)8-11(20)9-21-16(22)12-5-1-2-6-13(12)17(21)23/h1-7,11H,8-9,20H2/t11-/m0/s1. The summed E-state index contributed by atoms with van der Waals surface area (Å²) in [6, 6.07) is 9.66. The van der Waals surface area contributed by atoms with E-state index in [4.69, 9.17) is 5.73 Å². The van der Waals surface area contributed by atoms with Gasteiger partial charge in [-0.3, -0.25) is 14.5 Å². The molecule has 2 N–H and O–H groups in total. The first-order valence-electron chi connectivity index (χ1n) is 7.12.